The molecule has 2 amide bonds. The van der Waals surface area contributed by atoms with Crippen LogP contribution in [0, 0.1) is 20.2 Å². The minimum atomic E-state index is -0.445. The molecule has 1 N–H and O–H groups in total. The lowest BCUT2D eigenvalue weighted by molar-refractivity contribution is -0.385. The van der Waals surface area contributed by atoms with Crippen LogP contribution in [0.25, 0.3) is 22.5 Å². The van der Waals surface area contributed by atoms with Gasteiger partial charge in [-0.1, -0.05) is 49.9 Å². The summed E-state index contributed by atoms with van der Waals surface area (Å²) in [5.74, 6) is 0. The number of aromatic nitrogens is 4. The molecular formula is C32H37ClN8O6. The lowest BCUT2D eigenvalue weighted by Crippen LogP contribution is -2.37. The highest BCUT2D eigenvalue weighted by molar-refractivity contribution is 6.62. The molecule has 2 aliphatic carbocycles. The molecule has 0 spiro atoms. The molecule has 2 saturated carbocycles. The van der Waals surface area contributed by atoms with Gasteiger partial charge in [-0.3, -0.25) is 29.6 Å². The van der Waals surface area contributed by atoms with Gasteiger partial charge in [0.2, 0.25) is 0 Å². The molecule has 2 aromatic carbocycles. The average Bonchev–Trinajstić information content (AvgIpc) is 3.92. The second kappa shape index (κ2) is 16.5. The number of nitrogens with one attached hydrogen (secondary N) is 1. The number of imidazole rings is 2. The third kappa shape index (κ3) is 9.45. The molecule has 15 heteroatoms. The zero-order chi connectivity index (χ0) is 33.9. The van der Waals surface area contributed by atoms with Crippen molar-refractivity contribution in [1.82, 2.24) is 29.3 Å². The maximum atomic E-state index is 12.5. The second-order valence-corrected chi connectivity index (χ2v) is 11.7. The Kier molecular flexibility index (Phi) is 12.2. The highest BCUT2D eigenvalue weighted by Gasteiger charge is 2.25. The van der Waals surface area contributed by atoms with Crippen LogP contribution in [0.5, 0.6) is 0 Å². The van der Waals surface area contributed by atoms with Gasteiger partial charge in [-0.25, -0.2) is 14.8 Å². The Labute approximate surface area is 276 Å². The number of carbonyl (C=O) groups excluding carboxylic acids is 2. The number of nitro groups is 2. The van der Waals surface area contributed by atoms with Crippen LogP contribution in [-0.4, -0.2) is 76.7 Å². The van der Waals surface area contributed by atoms with Gasteiger partial charge < -0.3 is 14.8 Å². The fourth-order valence-electron chi connectivity index (χ4n) is 5.62. The first-order valence-electron chi connectivity index (χ1n) is 15.3. The summed E-state index contributed by atoms with van der Waals surface area (Å²) in [6.07, 6.45) is 15.3. The normalized spacial score (nSPS) is 14.4. The van der Waals surface area contributed by atoms with E-state index in [0.717, 1.165) is 49.8 Å². The van der Waals surface area contributed by atoms with Crippen molar-refractivity contribution in [3.8, 4) is 22.5 Å². The maximum absolute atomic E-state index is 12.5. The van der Waals surface area contributed by atoms with E-state index in [0.29, 0.717) is 17.3 Å². The summed E-state index contributed by atoms with van der Waals surface area (Å²) in [6, 6.07) is 13.2. The lowest BCUT2D eigenvalue weighted by Gasteiger charge is -2.23. The van der Waals surface area contributed by atoms with E-state index in [1.807, 2.05) is 7.05 Å². The van der Waals surface area contributed by atoms with E-state index < -0.39 is 9.85 Å². The summed E-state index contributed by atoms with van der Waals surface area (Å²) in [5, 5.41) is 21.0. The van der Waals surface area contributed by atoms with Crippen LogP contribution in [0.1, 0.15) is 51.4 Å². The molecule has 0 aliphatic heterocycles. The number of benzene rings is 2. The minimum Gasteiger partial charge on any atom is -0.345 e. The molecule has 2 fully saturated rings. The molecule has 0 radical (unpaired) electrons. The molecule has 47 heavy (non-hydrogen) atoms. The molecule has 0 atom stereocenters. The highest BCUT2D eigenvalue weighted by atomic mass is 35.5. The molecule has 14 nitrogen and oxygen atoms in total. The van der Waals surface area contributed by atoms with E-state index >= 15 is 0 Å². The highest BCUT2D eigenvalue weighted by Crippen LogP contribution is 2.26. The number of nitro benzene ring substituents is 2. The zero-order valence-corrected chi connectivity index (χ0v) is 27.0. The first-order chi connectivity index (χ1) is 22.5. The van der Waals surface area contributed by atoms with Crippen molar-refractivity contribution in [2.45, 2.75) is 63.5 Å². The number of nitrogens with zero attached hydrogens (tertiary/aromatic N) is 7. The standard InChI is InChI=1S/C16H18N4O3.C9H7N3O2.C7H12ClNO/c1-18(13-6-2-3-7-13)16(21)19-10-15(17-11-19)12-5-4-8-14(9-12)20(22)23;13-12(14)8-3-1-2-7(4-8)9-5-10-6-11-9;1-9(7(8)10)6-4-2-3-5-6/h4-5,8-11,13H,2-3,6-7H2,1H3;1-6H,(H,10,11);6H,2-5H2,1H3. The molecule has 4 aromatic rings. The number of carbonyl (C=O) groups is 2. The van der Waals surface area contributed by atoms with Crippen LogP contribution in [0.4, 0.5) is 21.0 Å². The molecule has 0 unspecified atom stereocenters. The molecule has 6 rings (SSSR count). The molecule has 2 aliphatic rings. The van der Waals surface area contributed by atoms with Gasteiger partial charge in [-0.05, 0) is 37.3 Å². The Morgan fingerprint density at radius 2 is 1.40 bits per heavy atom. The lowest BCUT2D eigenvalue weighted by atomic mass is 10.1. The Bertz CT molecular complexity index is 1670. The van der Waals surface area contributed by atoms with Gasteiger partial charge in [0.15, 0.2) is 0 Å². The van der Waals surface area contributed by atoms with E-state index in [-0.39, 0.29) is 28.8 Å². The SMILES string of the molecule is CN(C(=O)Cl)C1CCCC1.CN(C(=O)n1cnc(-c2cccc([N+](=O)[O-])c2)c1)C1CCCC1.O=[N+]([O-])c1cccc(-c2cnc[nH]2)c1. The van der Waals surface area contributed by atoms with Crippen LogP contribution >= 0.6 is 11.6 Å². The maximum Gasteiger partial charge on any atom is 0.329 e. The van der Waals surface area contributed by atoms with E-state index in [1.54, 1.807) is 53.5 Å². The summed E-state index contributed by atoms with van der Waals surface area (Å²) in [5.41, 5.74) is 2.78. The first kappa shape index (κ1) is 34.8. The van der Waals surface area contributed by atoms with Crippen molar-refractivity contribution in [3.63, 3.8) is 0 Å². The molecular weight excluding hydrogens is 628 g/mol. The Morgan fingerprint density at radius 3 is 1.91 bits per heavy atom. The predicted octanol–water partition coefficient (Wildman–Crippen LogP) is 7.51. The van der Waals surface area contributed by atoms with Crippen LogP contribution in [0.2, 0.25) is 0 Å². The minimum absolute atomic E-state index is 0.00597. The van der Waals surface area contributed by atoms with Crippen molar-refractivity contribution in [2.24, 2.45) is 0 Å². The number of rotatable bonds is 6. The van der Waals surface area contributed by atoms with Gasteiger partial charge in [-0.15, -0.1) is 0 Å². The van der Waals surface area contributed by atoms with Gasteiger partial charge in [0.1, 0.15) is 6.33 Å². The van der Waals surface area contributed by atoms with Crippen LogP contribution in [-0.2, 0) is 0 Å². The number of amides is 2. The molecule has 2 aromatic heterocycles. The van der Waals surface area contributed by atoms with Crippen molar-refractivity contribution in [1.29, 1.82) is 0 Å². The molecule has 2 heterocycles. The van der Waals surface area contributed by atoms with Crippen LogP contribution in [0.15, 0.2) is 73.6 Å². The quantitative estimate of drug-likeness (QED) is 0.0954. The monoisotopic (exact) mass is 664 g/mol. The van der Waals surface area contributed by atoms with E-state index in [2.05, 4.69) is 15.0 Å². The number of hydrogen-bond donors (Lipinski definition) is 1. The number of H-pyrrole nitrogens is 1. The van der Waals surface area contributed by atoms with E-state index in [9.17, 15) is 29.8 Å². The van der Waals surface area contributed by atoms with Gasteiger partial charge in [-0.2, -0.15) is 0 Å². The van der Waals surface area contributed by atoms with E-state index in [1.165, 1.54) is 54.3 Å². The Hall–Kier alpha value is -5.11. The van der Waals surface area contributed by atoms with Crippen LogP contribution in [0.3, 0.4) is 0 Å². The van der Waals surface area contributed by atoms with E-state index in [4.69, 9.17) is 11.6 Å². The predicted molar refractivity (Wildman–Crippen MR) is 177 cm³/mol. The second-order valence-electron chi connectivity index (χ2n) is 11.4. The third-order valence-corrected chi connectivity index (χ3v) is 8.61. The van der Waals surface area contributed by atoms with Crippen molar-refractivity contribution >= 4 is 34.4 Å². The molecule has 248 valence electrons. The fourth-order valence-corrected chi connectivity index (χ4v) is 5.76. The summed E-state index contributed by atoms with van der Waals surface area (Å²) in [6.45, 7) is 0. The molecule has 0 bridgehead atoms. The van der Waals surface area contributed by atoms with Crippen LogP contribution < -0.4 is 0 Å². The number of non-ortho nitro benzene ring substituents is 2. The first-order valence-corrected chi connectivity index (χ1v) is 15.6. The number of aromatic amines is 1. The van der Waals surface area contributed by atoms with Crippen molar-refractivity contribution < 1.29 is 19.4 Å². The van der Waals surface area contributed by atoms with Gasteiger partial charge in [0.25, 0.3) is 11.4 Å². The number of halogens is 1. The average molecular weight is 665 g/mol. The Morgan fingerprint density at radius 1 is 0.872 bits per heavy atom. The van der Waals surface area contributed by atoms with Gasteiger partial charge in [0.05, 0.1) is 33.8 Å². The zero-order valence-electron chi connectivity index (χ0n) is 26.2. The topological polar surface area (TPSA) is 173 Å². The summed E-state index contributed by atoms with van der Waals surface area (Å²) in [7, 11) is 3.58. The smallest absolute Gasteiger partial charge is 0.329 e. The third-order valence-electron chi connectivity index (χ3n) is 8.35. The van der Waals surface area contributed by atoms with Gasteiger partial charge in [0, 0.05) is 67.8 Å². The summed E-state index contributed by atoms with van der Waals surface area (Å²) in [4.78, 5) is 57.9. The fraction of sp³-hybridized carbons (Fsp3) is 0.375. The summed E-state index contributed by atoms with van der Waals surface area (Å²) >= 11 is 5.30. The largest absolute Gasteiger partial charge is 0.345 e. The summed E-state index contributed by atoms with van der Waals surface area (Å²) < 4.78 is 1.44. The van der Waals surface area contributed by atoms with Crippen molar-refractivity contribution in [3.05, 3.63) is 93.8 Å². The Balaban J connectivity index is 0.000000177. The molecule has 0 saturated heterocycles. The van der Waals surface area contributed by atoms with Crippen molar-refractivity contribution in [2.75, 3.05) is 14.1 Å². The number of hydrogen-bond acceptors (Lipinski definition) is 8. The van der Waals surface area contributed by atoms with Gasteiger partial charge >= 0.3 is 11.4 Å².